The van der Waals surface area contributed by atoms with E-state index in [2.05, 4.69) is 18.5 Å². The van der Waals surface area contributed by atoms with Crippen molar-refractivity contribution in [1.82, 2.24) is 4.98 Å². The van der Waals surface area contributed by atoms with Gasteiger partial charge in [-0.15, -0.1) is 0 Å². The summed E-state index contributed by atoms with van der Waals surface area (Å²) in [7, 11) is -4.10. The minimum Gasteiger partial charge on any atom is -0.282 e. The number of aromatic amines is 1. The van der Waals surface area contributed by atoms with Gasteiger partial charge in [0, 0.05) is 6.42 Å². The zero-order chi connectivity index (χ0) is 15.0. The molecule has 0 aliphatic heterocycles. The van der Waals surface area contributed by atoms with Gasteiger partial charge in [-0.2, -0.15) is 8.42 Å². The molecule has 0 fully saturated rings. The van der Waals surface area contributed by atoms with Gasteiger partial charge in [-0.05, 0) is 12.5 Å². The zero-order valence-electron chi connectivity index (χ0n) is 12.1. The number of nitrogens with zero attached hydrogens (tertiary/aromatic N) is 1. The van der Waals surface area contributed by atoms with E-state index in [0.717, 1.165) is 25.0 Å². The molecule has 1 rings (SSSR count). The maximum absolute atomic E-state index is 11.5. The summed E-state index contributed by atoms with van der Waals surface area (Å²) in [5.41, 5.74) is 0.724. The fourth-order valence-corrected chi connectivity index (χ4v) is 3.11. The minimum atomic E-state index is -4.10. The molecule has 1 aromatic heterocycles. The predicted octanol–water partition coefficient (Wildman–Crippen LogP) is 3.08. The van der Waals surface area contributed by atoms with E-state index in [0.29, 0.717) is 6.42 Å². The maximum Gasteiger partial charge on any atom is 0.307 e. The second kappa shape index (κ2) is 8.21. The zero-order valence-corrected chi connectivity index (χ0v) is 12.9. The highest BCUT2D eigenvalue weighted by atomic mass is 32.2. The summed E-state index contributed by atoms with van der Waals surface area (Å²) in [5.74, 6) is 0. The average molecular weight is 301 g/mol. The van der Waals surface area contributed by atoms with Crippen LogP contribution in [0.2, 0.25) is 0 Å². The standard InChI is InChI=1S/C14H24N2O3S/c1-3-5-6-7-8-9-10-14(20(17,18)19)16-11-13(4-2)15-12-16/h4,11-12,14H,2-3,5-10H2,1H3,(H,17,18,19)/p+1. The van der Waals surface area contributed by atoms with Crippen LogP contribution in [0.5, 0.6) is 0 Å². The number of nitrogens with one attached hydrogen (secondary N) is 1. The molecular formula is C14H25N2O3S+. The van der Waals surface area contributed by atoms with E-state index in [1.165, 1.54) is 23.8 Å². The van der Waals surface area contributed by atoms with E-state index in [-0.39, 0.29) is 0 Å². The van der Waals surface area contributed by atoms with Gasteiger partial charge in [0.2, 0.25) is 11.7 Å². The second-order valence-electron chi connectivity index (χ2n) is 5.04. The van der Waals surface area contributed by atoms with Crippen LogP contribution >= 0.6 is 0 Å². The summed E-state index contributed by atoms with van der Waals surface area (Å²) in [4.78, 5) is 2.90. The first-order chi connectivity index (χ1) is 9.49. The molecule has 0 saturated heterocycles. The van der Waals surface area contributed by atoms with Crippen LogP contribution in [0.1, 0.15) is 62.9 Å². The molecule has 0 spiro atoms. The number of H-pyrrole nitrogens is 1. The highest BCUT2D eigenvalue weighted by Gasteiger charge is 2.29. The quantitative estimate of drug-likeness (QED) is 0.396. The van der Waals surface area contributed by atoms with Crippen molar-refractivity contribution in [3.63, 3.8) is 0 Å². The summed E-state index contributed by atoms with van der Waals surface area (Å²) < 4.78 is 33.8. The molecule has 2 N–H and O–H groups in total. The lowest BCUT2D eigenvalue weighted by atomic mass is 10.1. The van der Waals surface area contributed by atoms with E-state index in [1.807, 2.05) is 0 Å². The van der Waals surface area contributed by atoms with Crippen molar-refractivity contribution in [3.05, 3.63) is 24.8 Å². The van der Waals surface area contributed by atoms with Crippen molar-refractivity contribution in [1.29, 1.82) is 0 Å². The lowest BCUT2D eigenvalue weighted by molar-refractivity contribution is -0.701. The molecule has 1 heterocycles. The van der Waals surface area contributed by atoms with Crippen LogP contribution in [0, 0.1) is 0 Å². The number of rotatable bonds is 10. The first-order valence-corrected chi connectivity index (χ1v) is 8.67. The van der Waals surface area contributed by atoms with Crippen molar-refractivity contribution < 1.29 is 17.5 Å². The Morgan fingerprint density at radius 3 is 2.55 bits per heavy atom. The number of imidazole rings is 1. The Hall–Kier alpha value is -1.14. The van der Waals surface area contributed by atoms with E-state index in [4.69, 9.17) is 0 Å². The molecule has 0 amide bonds. The summed E-state index contributed by atoms with van der Waals surface area (Å²) in [6.07, 6.45) is 11.7. The molecule has 0 aliphatic rings. The highest BCUT2D eigenvalue weighted by molar-refractivity contribution is 7.85. The third kappa shape index (κ3) is 5.46. The van der Waals surface area contributed by atoms with E-state index in [1.54, 1.807) is 18.6 Å². The van der Waals surface area contributed by atoms with Gasteiger partial charge >= 0.3 is 10.1 Å². The van der Waals surface area contributed by atoms with Crippen LogP contribution < -0.4 is 4.57 Å². The maximum atomic E-state index is 11.5. The minimum absolute atomic E-state index is 0.421. The Kier molecular flexibility index (Phi) is 6.95. The fraction of sp³-hybridized carbons (Fsp3) is 0.643. The molecule has 1 aromatic rings. The molecule has 0 bridgehead atoms. The molecule has 1 atom stereocenters. The molecule has 5 nitrogen and oxygen atoms in total. The SMILES string of the molecule is C=Cc1c[n+](C(CCCCCCCC)S(=O)(=O)O)c[nH]1. The molecule has 0 aromatic carbocycles. The molecule has 114 valence electrons. The Bertz CT molecular complexity index is 508. The van der Waals surface area contributed by atoms with Gasteiger partial charge in [0.05, 0.1) is 0 Å². The Balaban J connectivity index is 2.56. The Morgan fingerprint density at radius 2 is 2.00 bits per heavy atom. The van der Waals surface area contributed by atoms with Crippen molar-refractivity contribution in [3.8, 4) is 0 Å². The number of hydrogen-bond donors (Lipinski definition) is 2. The van der Waals surface area contributed by atoms with Gasteiger partial charge in [-0.1, -0.05) is 45.6 Å². The molecule has 0 saturated carbocycles. The van der Waals surface area contributed by atoms with Gasteiger partial charge in [0.25, 0.3) is 0 Å². The smallest absolute Gasteiger partial charge is 0.282 e. The van der Waals surface area contributed by atoms with Crippen molar-refractivity contribution in [2.45, 2.75) is 57.2 Å². The van der Waals surface area contributed by atoms with Gasteiger partial charge in [0.1, 0.15) is 6.20 Å². The number of unbranched alkanes of at least 4 members (excludes halogenated alkanes) is 5. The second-order valence-corrected chi connectivity index (χ2v) is 6.61. The first kappa shape index (κ1) is 16.9. The van der Waals surface area contributed by atoms with E-state index < -0.39 is 15.5 Å². The highest BCUT2D eigenvalue weighted by Crippen LogP contribution is 2.17. The molecule has 0 aliphatic carbocycles. The summed E-state index contributed by atoms with van der Waals surface area (Å²) in [5, 5.41) is -0.918. The van der Waals surface area contributed by atoms with Crippen molar-refractivity contribution >= 4 is 16.2 Å². The van der Waals surface area contributed by atoms with E-state index in [9.17, 15) is 13.0 Å². The molecule has 0 radical (unpaired) electrons. The normalized spacial score (nSPS) is 13.3. The molecule has 20 heavy (non-hydrogen) atoms. The third-order valence-corrected chi connectivity index (χ3v) is 4.54. The van der Waals surface area contributed by atoms with Gasteiger partial charge in [0.15, 0.2) is 5.69 Å². The monoisotopic (exact) mass is 301 g/mol. The van der Waals surface area contributed by atoms with Crippen LogP contribution in [0.3, 0.4) is 0 Å². The van der Waals surface area contributed by atoms with Crippen LogP contribution in [0.4, 0.5) is 0 Å². The van der Waals surface area contributed by atoms with Gasteiger partial charge in [-0.25, -0.2) is 9.55 Å². The van der Waals surface area contributed by atoms with Crippen LogP contribution in [0.15, 0.2) is 19.1 Å². The van der Waals surface area contributed by atoms with Gasteiger partial charge in [-0.3, -0.25) is 4.55 Å². The lowest BCUT2D eigenvalue weighted by Crippen LogP contribution is -2.42. The summed E-state index contributed by atoms with van der Waals surface area (Å²) in [6, 6.07) is 0. The van der Waals surface area contributed by atoms with E-state index >= 15 is 0 Å². The largest absolute Gasteiger partial charge is 0.307 e. The average Bonchev–Trinajstić information content (AvgIpc) is 2.84. The topological polar surface area (TPSA) is 74.0 Å². The molecular weight excluding hydrogens is 276 g/mol. The predicted molar refractivity (Wildman–Crippen MR) is 79.7 cm³/mol. The third-order valence-electron chi connectivity index (χ3n) is 3.37. The Morgan fingerprint density at radius 1 is 1.35 bits per heavy atom. The summed E-state index contributed by atoms with van der Waals surface area (Å²) in [6.45, 7) is 5.77. The first-order valence-electron chi connectivity index (χ1n) is 7.17. The number of hydrogen-bond acceptors (Lipinski definition) is 2. The van der Waals surface area contributed by atoms with Gasteiger partial charge < -0.3 is 0 Å². The summed E-state index contributed by atoms with van der Waals surface area (Å²) >= 11 is 0. The van der Waals surface area contributed by atoms with Crippen LogP contribution in [-0.2, 0) is 10.1 Å². The van der Waals surface area contributed by atoms with Crippen LogP contribution in [-0.4, -0.2) is 18.0 Å². The Labute approximate surface area is 121 Å². The van der Waals surface area contributed by atoms with Crippen molar-refractivity contribution in [2.24, 2.45) is 0 Å². The van der Waals surface area contributed by atoms with Crippen LogP contribution in [0.25, 0.3) is 6.08 Å². The number of aromatic nitrogens is 2. The molecule has 6 heteroatoms. The van der Waals surface area contributed by atoms with Crippen molar-refractivity contribution in [2.75, 3.05) is 0 Å². The lowest BCUT2D eigenvalue weighted by Gasteiger charge is -2.10. The molecule has 1 unspecified atom stereocenters. The fourth-order valence-electron chi connectivity index (χ4n) is 2.21.